The summed E-state index contributed by atoms with van der Waals surface area (Å²) in [5.74, 6) is 0. The number of nitrogens with zero attached hydrogens (tertiary/aromatic N) is 2. The second kappa shape index (κ2) is 20.6. The van der Waals surface area contributed by atoms with Crippen molar-refractivity contribution in [3.63, 3.8) is 0 Å². The van der Waals surface area contributed by atoms with Crippen LogP contribution in [0.15, 0.2) is 336 Å². The van der Waals surface area contributed by atoms with Gasteiger partial charge in [-0.15, -0.1) is 11.3 Å². The fourth-order valence-electron chi connectivity index (χ4n) is 17.4. The van der Waals surface area contributed by atoms with Crippen molar-refractivity contribution in [3.8, 4) is 65.4 Å². The number of furan rings is 2. The first-order valence-electron chi connectivity index (χ1n) is 33.3. The van der Waals surface area contributed by atoms with Gasteiger partial charge >= 0.3 is 0 Å². The second-order valence-corrected chi connectivity index (χ2v) is 27.0. The van der Waals surface area contributed by atoms with Gasteiger partial charge in [-0.1, -0.05) is 291 Å². The van der Waals surface area contributed by atoms with E-state index in [-0.39, 0.29) is 0 Å². The number of para-hydroxylation sites is 2. The normalized spacial score (nSPS) is 13.5. The van der Waals surface area contributed by atoms with Gasteiger partial charge in [-0.05, 0) is 136 Å². The van der Waals surface area contributed by atoms with Crippen LogP contribution in [0.5, 0.6) is 0 Å². The molecule has 0 amide bonds. The maximum absolute atomic E-state index is 6.55. The summed E-state index contributed by atoms with van der Waals surface area (Å²) >= 11 is 1.83. The lowest BCUT2D eigenvalue weighted by molar-refractivity contribution is 0.668. The fourth-order valence-corrected chi connectivity index (χ4v) is 18.6. The second-order valence-electron chi connectivity index (χ2n) is 26.0. The SMILES string of the molecule is c1ccc(C2(c3ccccc3)c3ccccc3-c3c(-c4sc(-c5cccc6c5-c5ccccc5C6(c5ccccc5)c5ccccc5)c5nc6c7ccc(-c8cccc9oc%10ccccc%10c89)cc7c7cc(-c8cccc9oc%10ccccc%10c89)ccc7c6nc45)cccc32)cc1. The van der Waals surface area contributed by atoms with Crippen molar-refractivity contribution in [2.45, 2.75) is 10.8 Å². The van der Waals surface area contributed by atoms with Crippen molar-refractivity contribution in [3.05, 3.63) is 372 Å². The number of rotatable bonds is 8. The minimum Gasteiger partial charge on any atom is -0.456 e. The maximum atomic E-state index is 6.55. The van der Waals surface area contributed by atoms with E-state index in [1.54, 1.807) is 0 Å². The van der Waals surface area contributed by atoms with Gasteiger partial charge in [-0.25, -0.2) is 9.97 Å². The molecule has 2 aliphatic rings. The van der Waals surface area contributed by atoms with Gasteiger partial charge in [0.25, 0.3) is 0 Å². The summed E-state index contributed by atoms with van der Waals surface area (Å²) in [4.78, 5) is 14.6. The van der Waals surface area contributed by atoms with Gasteiger partial charge in [-0.2, -0.15) is 0 Å². The van der Waals surface area contributed by atoms with Crippen LogP contribution in [0.25, 0.3) is 153 Å². The van der Waals surface area contributed by atoms with E-state index >= 15 is 0 Å². The summed E-state index contributed by atoms with van der Waals surface area (Å²) in [5.41, 5.74) is 27.0. The third kappa shape index (κ3) is 7.46. The molecule has 2 aliphatic carbocycles. The number of hydrogen-bond donors (Lipinski definition) is 0. The number of thiophene rings is 1. The quantitative estimate of drug-likeness (QED) is 0.142. The van der Waals surface area contributed by atoms with Crippen molar-refractivity contribution < 1.29 is 8.83 Å². The highest BCUT2D eigenvalue weighted by Gasteiger charge is 2.49. The molecule has 15 aromatic carbocycles. The van der Waals surface area contributed by atoms with Crippen LogP contribution in [0, 0.1) is 0 Å². The summed E-state index contributed by atoms with van der Waals surface area (Å²) in [6.07, 6.45) is 0. The molecule has 0 bridgehead atoms. The minimum atomic E-state index is -0.615. The van der Waals surface area contributed by atoms with E-state index in [1.807, 2.05) is 23.5 Å². The molecule has 0 saturated heterocycles. The van der Waals surface area contributed by atoms with Gasteiger partial charge in [0, 0.05) is 43.4 Å². The van der Waals surface area contributed by atoms with Gasteiger partial charge < -0.3 is 8.83 Å². The molecule has 0 spiro atoms. The van der Waals surface area contributed by atoms with Gasteiger partial charge in [-0.3, -0.25) is 0 Å². The third-order valence-corrected chi connectivity index (χ3v) is 22.5. The van der Waals surface area contributed by atoms with Crippen molar-refractivity contribution >= 4 is 98.8 Å². The summed E-state index contributed by atoms with van der Waals surface area (Å²) in [7, 11) is 0. The molecule has 0 radical (unpaired) electrons. The molecule has 4 heterocycles. The summed E-state index contributed by atoms with van der Waals surface area (Å²) in [5, 5.41) is 8.59. The average molecular weight is 1250 g/mol. The van der Waals surface area contributed by atoms with E-state index < -0.39 is 10.8 Å². The van der Waals surface area contributed by atoms with Crippen LogP contribution in [-0.4, -0.2) is 9.97 Å². The predicted molar refractivity (Wildman–Crippen MR) is 401 cm³/mol. The molecule has 0 fully saturated rings. The Bertz CT molecular complexity index is 6030. The van der Waals surface area contributed by atoms with Gasteiger partial charge in [0.1, 0.15) is 33.4 Å². The first kappa shape index (κ1) is 54.1. The lowest BCUT2D eigenvalue weighted by Gasteiger charge is -2.34. The standard InChI is InChI=1S/C92H54N2O2S/c1-5-25-57(26-6-1)91(58-27-7-2-8-28-58)73-41-17-13-33-65(73)81-69(39-21-43-75(81)91)89-87-88(90(97-89)70-40-22-44-76-82(70)66-34-14-18-42-74(66)92(76,59-29-9-3-10-30-59)60-31-11-4-12-32-60)94-86-64-52-50-56(62-38-24-48-80-84(62)68-36-16-20-46-78(68)96-80)54-72(64)71-53-55(49-51-63(71)85(86)93-87)61-37-23-47-79-83(61)67-35-15-19-45-77(67)95-79/h1-54H. The number of aromatic nitrogens is 2. The average Bonchev–Trinajstić information content (AvgIpc) is 1.55. The van der Waals surface area contributed by atoms with E-state index in [0.717, 1.165) is 131 Å². The summed E-state index contributed by atoms with van der Waals surface area (Å²) in [6, 6.07) is 120. The lowest BCUT2D eigenvalue weighted by atomic mass is 9.67. The van der Waals surface area contributed by atoms with E-state index in [1.165, 1.54) is 66.8 Å². The Morgan fingerprint density at radius 2 is 0.567 bits per heavy atom. The molecule has 0 saturated carbocycles. The molecule has 450 valence electrons. The zero-order valence-corrected chi connectivity index (χ0v) is 53.1. The Hall–Kier alpha value is -12.3. The molecule has 97 heavy (non-hydrogen) atoms. The Morgan fingerprint density at radius 1 is 0.237 bits per heavy atom. The minimum absolute atomic E-state index is 0.615. The van der Waals surface area contributed by atoms with E-state index in [9.17, 15) is 0 Å². The first-order valence-corrected chi connectivity index (χ1v) is 34.1. The molecule has 21 rings (SSSR count). The van der Waals surface area contributed by atoms with Crippen LogP contribution < -0.4 is 0 Å². The smallest absolute Gasteiger partial charge is 0.136 e. The van der Waals surface area contributed by atoms with Crippen LogP contribution in [0.2, 0.25) is 0 Å². The Labute approximate surface area is 562 Å². The van der Waals surface area contributed by atoms with Crippen LogP contribution in [0.4, 0.5) is 0 Å². The molecule has 5 heteroatoms. The number of benzene rings is 15. The summed E-state index contributed by atoms with van der Waals surface area (Å²) in [6.45, 7) is 0. The molecule has 0 aliphatic heterocycles. The highest BCUT2D eigenvalue weighted by Crippen LogP contribution is 2.63. The van der Waals surface area contributed by atoms with Crippen LogP contribution in [0.3, 0.4) is 0 Å². The molecular formula is C92H54N2O2S. The Balaban J connectivity index is 0.898. The maximum Gasteiger partial charge on any atom is 0.136 e. The zero-order chi connectivity index (χ0) is 63.5. The first-order chi connectivity index (χ1) is 48.1. The molecule has 0 N–H and O–H groups in total. The molecular weight excluding hydrogens is 1200 g/mol. The number of hydrogen-bond acceptors (Lipinski definition) is 5. The largest absolute Gasteiger partial charge is 0.456 e. The predicted octanol–water partition coefficient (Wildman–Crippen LogP) is 24.3. The zero-order valence-electron chi connectivity index (χ0n) is 52.3. The number of fused-ring (bicyclic) bond motifs is 19. The monoisotopic (exact) mass is 1250 g/mol. The van der Waals surface area contributed by atoms with Crippen LogP contribution in [-0.2, 0) is 10.8 Å². The van der Waals surface area contributed by atoms with E-state index in [4.69, 9.17) is 18.8 Å². The topological polar surface area (TPSA) is 52.1 Å². The van der Waals surface area contributed by atoms with E-state index in [2.05, 4.69) is 315 Å². The van der Waals surface area contributed by atoms with Gasteiger partial charge in [0.15, 0.2) is 0 Å². The highest BCUT2D eigenvalue weighted by molar-refractivity contribution is 7.21. The molecule has 4 aromatic heterocycles. The van der Waals surface area contributed by atoms with Crippen molar-refractivity contribution in [2.75, 3.05) is 0 Å². The third-order valence-electron chi connectivity index (χ3n) is 21.3. The summed E-state index contributed by atoms with van der Waals surface area (Å²) < 4.78 is 13.1. The molecule has 4 nitrogen and oxygen atoms in total. The Kier molecular flexibility index (Phi) is 11.5. The molecule has 19 aromatic rings. The molecule has 0 atom stereocenters. The van der Waals surface area contributed by atoms with Gasteiger partial charge in [0.2, 0.25) is 0 Å². The highest BCUT2D eigenvalue weighted by atomic mass is 32.1. The van der Waals surface area contributed by atoms with Crippen molar-refractivity contribution in [2.24, 2.45) is 0 Å². The molecule has 0 unspecified atom stereocenters. The van der Waals surface area contributed by atoms with Crippen LogP contribution in [0.1, 0.15) is 44.5 Å². The lowest BCUT2D eigenvalue weighted by Crippen LogP contribution is -2.28. The Morgan fingerprint density at radius 3 is 0.990 bits per heavy atom. The van der Waals surface area contributed by atoms with Gasteiger partial charge in [0.05, 0.1) is 31.6 Å². The fraction of sp³-hybridized carbons (Fsp3) is 0.0217. The van der Waals surface area contributed by atoms with E-state index in [0.29, 0.717) is 0 Å². The van der Waals surface area contributed by atoms with Crippen molar-refractivity contribution in [1.29, 1.82) is 0 Å². The van der Waals surface area contributed by atoms with Crippen molar-refractivity contribution in [1.82, 2.24) is 9.97 Å². The van der Waals surface area contributed by atoms with Crippen LogP contribution >= 0.6 is 11.3 Å².